The van der Waals surface area contributed by atoms with Crippen LogP contribution < -0.4 is 0 Å². The van der Waals surface area contributed by atoms with Crippen molar-refractivity contribution in [3.63, 3.8) is 0 Å². The Hall–Kier alpha value is -3.17. The van der Waals surface area contributed by atoms with Gasteiger partial charge in [0.2, 0.25) is 5.82 Å². The van der Waals surface area contributed by atoms with Crippen LogP contribution >= 0.6 is 22.7 Å². The van der Waals surface area contributed by atoms with E-state index in [1.165, 1.54) is 0 Å². The Morgan fingerprint density at radius 2 is 1.93 bits per heavy atom. The van der Waals surface area contributed by atoms with Crippen molar-refractivity contribution in [1.82, 2.24) is 29.9 Å². The summed E-state index contributed by atoms with van der Waals surface area (Å²) in [5.74, 6) is 1.72. The zero-order chi connectivity index (χ0) is 20.0. The van der Waals surface area contributed by atoms with Gasteiger partial charge in [0.15, 0.2) is 5.82 Å². The van der Waals surface area contributed by atoms with E-state index in [0.29, 0.717) is 11.7 Å². The lowest BCUT2D eigenvalue weighted by atomic mass is 10.2. The van der Waals surface area contributed by atoms with E-state index in [4.69, 9.17) is 4.52 Å². The van der Waals surface area contributed by atoms with Gasteiger partial charge in [0.25, 0.3) is 5.89 Å². The zero-order valence-electron chi connectivity index (χ0n) is 15.9. The molecule has 5 aromatic heterocycles. The van der Waals surface area contributed by atoms with Gasteiger partial charge < -0.3 is 4.52 Å². The fourth-order valence-electron chi connectivity index (χ4n) is 3.04. The second-order valence-corrected chi connectivity index (χ2v) is 8.39. The molecule has 5 aromatic rings. The highest BCUT2D eigenvalue weighted by atomic mass is 32.1. The summed E-state index contributed by atoms with van der Waals surface area (Å²) in [5.41, 5.74) is 4.76. The topological polar surface area (TPSA) is 82.5 Å². The number of rotatable bonds is 4. The molecule has 0 N–H and O–H groups in total. The quantitative estimate of drug-likeness (QED) is 0.402. The molecule has 5 rings (SSSR count). The molecule has 0 bridgehead atoms. The van der Waals surface area contributed by atoms with E-state index in [1.807, 2.05) is 49.0 Å². The molecule has 0 radical (unpaired) electrons. The molecule has 9 heteroatoms. The van der Waals surface area contributed by atoms with Gasteiger partial charge in [-0.1, -0.05) is 5.16 Å². The van der Waals surface area contributed by atoms with E-state index < -0.39 is 0 Å². The lowest BCUT2D eigenvalue weighted by Gasteiger charge is -2.03. The Bertz CT molecular complexity index is 1280. The van der Waals surface area contributed by atoms with Crippen LogP contribution in [0, 0.1) is 20.8 Å². The molecule has 144 valence electrons. The monoisotopic (exact) mass is 420 g/mol. The summed E-state index contributed by atoms with van der Waals surface area (Å²) in [7, 11) is 0. The van der Waals surface area contributed by atoms with Gasteiger partial charge in [-0.15, -0.1) is 11.3 Å². The van der Waals surface area contributed by atoms with Crippen molar-refractivity contribution in [2.45, 2.75) is 20.8 Å². The van der Waals surface area contributed by atoms with Gasteiger partial charge in [-0.2, -0.15) is 21.4 Å². The van der Waals surface area contributed by atoms with Gasteiger partial charge in [-0.25, -0.2) is 14.6 Å². The van der Waals surface area contributed by atoms with E-state index in [2.05, 4.69) is 36.7 Å². The highest BCUT2D eigenvalue weighted by Crippen LogP contribution is 2.35. The van der Waals surface area contributed by atoms with Gasteiger partial charge >= 0.3 is 0 Å². The Labute approximate surface area is 174 Å². The summed E-state index contributed by atoms with van der Waals surface area (Å²) in [6, 6.07) is 7.89. The van der Waals surface area contributed by atoms with Crippen LogP contribution in [-0.4, -0.2) is 29.9 Å². The summed E-state index contributed by atoms with van der Waals surface area (Å²) in [4.78, 5) is 14.6. The van der Waals surface area contributed by atoms with Gasteiger partial charge in [-0.3, -0.25) is 0 Å². The second kappa shape index (κ2) is 7.02. The van der Waals surface area contributed by atoms with Gasteiger partial charge in [0.05, 0.1) is 11.4 Å². The number of nitrogens with zero attached hydrogens (tertiary/aromatic N) is 6. The first-order chi connectivity index (χ1) is 14.1. The molecule has 0 aliphatic rings. The van der Waals surface area contributed by atoms with E-state index in [0.717, 1.165) is 43.9 Å². The molecule has 0 aliphatic heterocycles. The minimum Gasteiger partial charge on any atom is -0.333 e. The number of hydrogen-bond acceptors (Lipinski definition) is 8. The number of thiazole rings is 1. The molecule has 7 nitrogen and oxygen atoms in total. The van der Waals surface area contributed by atoms with Crippen LogP contribution in [-0.2, 0) is 0 Å². The molecule has 0 saturated heterocycles. The van der Waals surface area contributed by atoms with Gasteiger partial charge in [-0.05, 0) is 50.4 Å². The fraction of sp³-hybridized carbons (Fsp3) is 0.150. The predicted octanol–water partition coefficient (Wildman–Crippen LogP) is 5.09. The highest BCUT2D eigenvalue weighted by Gasteiger charge is 2.18. The van der Waals surface area contributed by atoms with Crippen LogP contribution in [0.2, 0.25) is 0 Å². The van der Waals surface area contributed by atoms with Crippen molar-refractivity contribution in [2.75, 3.05) is 0 Å². The van der Waals surface area contributed by atoms with Crippen molar-refractivity contribution in [2.24, 2.45) is 0 Å². The first-order valence-electron chi connectivity index (χ1n) is 8.92. The summed E-state index contributed by atoms with van der Waals surface area (Å²) in [6.07, 6.45) is 1.73. The second-order valence-electron chi connectivity index (χ2n) is 6.61. The maximum atomic E-state index is 5.52. The zero-order valence-corrected chi connectivity index (χ0v) is 17.6. The first-order valence-corrected chi connectivity index (χ1v) is 10.7. The van der Waals surface area contributed by atoms with Crippen LogP contribution in [0.15, 0.2) is 45.7 Å². The molecule has 0 saturated carbocycles. The lowest BCUT2D eigenvalue weighted by molar-refractivity contribution is 0.433. The van der Waals surface area contributed by atoms with Crippen molar-refractivity contribution >= 4 is 22.7 Å². The largest absolute Gasteiger partial charge is 0.333 e. The molecule has 0 aromatic carbocycles. The van der Waals surface area contributed by atoms with Gasteiger partial charge in [0, 0.05) is 28.4 Å². The first kappa shape index (κ1) is 17.9. The van der Waals surface area contributed by atoms with E-state index >= 15 is 0 Å². The van der Waals surface area contributed by atoms with E-state index in [1.54, 1.807) is 28.9 Å². The fourth-order valence-corrected chi connectivity index (χ4v) is 4.74. The minimum absolute atomic E-state index is 0.471. The van der Waals surface area contributed by atoms with Crippen LogP contribution in [0.3, 0.4) is 0 Å². The molecule has 29 heavy (non-hydrogen) atoms. The normalized spacial score (nSPS) is 11.3. The molecule has 0 unspecified atom stereocenters. The molecule has 0 spiro atoms. The number of aromatic nitrogens is 6. The Balaban J connectivity index is 1.44. The third-order valence-electron chi connectivity index (χ3n) is 4.42. The molecule has 0 atom stereocenters. The average Bonchev–Trinajstić information content (AvgIpc) is 3.48. The summed E-state index contributed by atoms with van der Waals surface area (Å²) in [5, 5.41) is 13.7. The van der Waals surface area contributed by atoms with Crippen molar-refractivity contribution < 1.29 is 4.52 Å². The summed E-state index contributed by atoms with van der Waals surface area (Å²) >= 11 is 3.21. The van der Waals surface area contributed by atoms with E-state index in [9.17, 15) is 0 Å². The number of hydrogen-bond donors (Lipinski definition) is 0. The number of aryl methyl sites for hydroxylation is 3. The molecule has 0 fully saturated rings. The smallest absolute Gasteiger partial charge is 0.270 e. The van der Waals surface area contributed by atoms with Crippen molar-refractivity contribution in [3.8, 4) is 38.5 Å². The molecule has 0 aliphatic carbocycles. The third kappa shape index (κ3) is 3.28. The molecular weight excluding hydrogens is 404 g/mol. The maximum Gasteiger partial charge on any atom is 0.270 e. The van der Waals surface area contributed by atoms with Crippen LogP contribution in [0.4, 0.5) is 0 Å². The minimum atomic E-state index is 0.471. The summed E-state index contributed by atoms with van der Waals surface area (Å²) < 4.78 is 7.33. The van der Waals surface area contributed by atoms with Crippen LogP contribution in [0.1, 0.15) is 17.1 Å². The molecule has 0 amide bonds. The predicted molar refractivity (Wildman–Crippen MR) is 113 cm³/mol. The van der Waals surface area contributed by atoms with Crippen molar-refractivity contribution in [1.29, 1.82) is 0 Å². The average molecular weight is 421 g/mol. The SMILES string of the molecule is Cc1cc(C)n(-c2ccc(-c3noc(-c4sc(-c5ccsc5)nc4C)n3)cn2)n1. The third-order valence-corrected chi connectivity index (χ3v) is 6.30. The Morgan fingerprint density at radius 3 is 2.62 bits per heavy atom. The molecule has 5 heterocycles. The van der Waals surface area contributed by atoms with Crippen LogP contribution in [0.25, 0.3) is 38.5 Å². The highest BCUT2D eigenvalue weighted by molar-refractivity contribution is 7.18. The van der Waals surface area contributed by atoms with Gasteiger partial charge in [0.1, 0.15) is 9.88 Å². The Morgan fingerprint density at radius 1 is 1.03 bits per heavy atom. The summed E-state index contributed by atoms with van der Waals surface area (Å²) in [6.45, 7) is 5.92. The molecular formula is C20H16N6OS2. The number of pyridine rings is 1. The Kier molecular flexibility index (Phi) is 4.33. The van der Waals surface area contributed by atoms with E-state index in [-0.39, 0.29) is 0 Å². The standard InChI is InChI=1S/C20H16N6OS2/c1-11-8-12(2)26(24-11)16-5-4-14(9-21-16)18-23-19(27-25-18)17-13(3)22-20(29-17)15-6-7-28-10-15/h4-10H,1-3H3. The van der Waals surface area contributed by atoms with Crippen LogP contribution in [0.5, 0.6) is 0 Å². The van der Waals surface area contributed by atoms with Crippen molar-refractivity contribution in [3.05, 3.63) is 58.3 Å². The maximum absolute atomic E-state index is 5.52. The lowest BCUT2D eigenvalue weighted by Crippen LogP contribution is -2.01. The number of thiophene rings is 1.